The molecule has 3 heteroatoms. The summed E-state index contributed by atoms with van der Waals surface area (Å²) in [4.78, 5) is 0. The molecule has 0 aliphatic carbocycles. The zero-order valence-electron chi connectivity index (χ0n) is 10.3. The Balaban J connectivity index is 2.91. The van der Waals surface area contributed by atoms with Gasteiger partial charge in [-0.2, -0.15) is 0 Å². The molecule has 86 valence electrons. The predicted molar refractivity (Wildman–Crippen MR) is 61.3 cm³/mol. The Morgan fingerprint density at radius 1 is 1.00 bits per heavy atom. The molecule has 0 unspecified atom stereocenters. The second-order valence-corrected chi connectivity index (χ2v) is 5.36. The van der Waals surface area contributed by atoms with Crippen molar-refractivity contribution in [1.29, 1.82) is 0 Å². The van der Waals surface area contributed by atoms with Crippen LogP contribution in [0.1, 0.15) is 38.3 Å². The third kappa shape index (κ3) is 2.46. The number of rotatable bonds is 2. The highest BCUT2D eigenvalue weighted by Gasteiger charge is 2.18. The van der Waals surface area contributed by atoms with E-state index in [9.17, 15) is 10.2 Å². The van der Waals surface area contributed by atoms with Crippen LogP contribution in [0.5, 0.6) is 11.8 Å². The Bertz CT molecular complexity index is 333. The summed E-state index contributed by atoms with van der Waals surface area (Å²) in [6.07, 6.45) is 0.918. The van der Waals surface area contributed by atoms with Crippen molar-refractivity contribution in [2.75, 3.05) is 0 Å². The minimum Gasteiger partial charge on any atom is -0.494 e. The molecular weight excluding hydrogens is 190 g/mol. The Morgan fingerprint density at radius 3 is 1.73 bits per heavy atom. The largest absolute Gasteiger partial charge is 0.494 e. The lowest BCUT2D eigenvalue weighted by Gasteiger charge is -2.18. The van der Waals surface area contributed by atoms with Crippen molar-refractivity contribution < 1.29 is 10.2 Å². The smallest absolute Gasteiger partial charge is 0.197 e. The van der Waals surface area contributed by atoms with E-state index in [1.807, 2.05) is 13.8 Å². The zero-order chi connectivity index (χ0) is 11.8. The van der Waals surface area contributed by atoms with E-state index in [0.29, 0.717) is 6.54 Å². The van der Waals surface area contributed by atoms with Crippen molar-refractivity contribution in [2.45, 2.75) is 47.6 Å². The van der Waals surface area contributed by atoms with Gasteiger partial charge in [0.05, 0.1) is 0 Å². The number of aromatic hydroxyl groups is 2. The summed E-state index contributed by atoms with van der Waals surface area (Å²) in [5, 5.41) is 19.6. The monoisotopic (exact) mass is 211 g/mol. The molecule has 1 heterocycles. The van der Waals surface area contributed by atoms with Crippen LogP contribution in [0.25, 0.3) is 0 Å². The van der Waals surface area contributed by atoms with Gasteiger partial charge in [0.15, 0.2) is 11.8 Å². The van der Waals surface area contributed by atoms with Crippen LogP contribution in [0.3, 0.4) is 0 Å². The summed E-state index contributed by atoms with van der Waals surface area (Å²) >= 11 is 0. The Morgan fingerprint density at radius 2 is 1.40 bits per heavy atom. The average Bonchev–Trinajstić information content (AvgIpc) is 2.28. The molecule has 3 nitrogen and oxygen atoms in total. The summed E-state index contributed by atoms with van der Waals surface area (Å²) in [6.45, 7) is 10.7. The highest BCUT2D eigenvalue weighted by molar-refractivity contribution is 5.43. The molecule has 0 aliphatic rings. The minimum absolute atomic E-state index is 0.189. The van der Waals surface area contributed by atoms with Crippen LogP contribution in [0, 0.1) is 19.3 Å². The van der Waals surface area contributed by atoms with Gasteiger partial charge in [-0.05, 0) is 25.7 Å². The number of aromatic nitrogens is 1. The maximum absolute atomic E-state index is 9.80. The van der Waals surface area contributed by atoms with Gasteiger partial charge in [0.25, 0.3) is 0 Å². The molecule has 1 aromatic heterocycles. The third-order valence-electron chi connectivity index (χ3n) is 2.83. The van der Waals surface area contributed by atoms with Crippen LogP contribution >= 0.6 is 0 Å². The first-order valence-electron chi connectivity index (χ1n) is 5.31. The van der Waals surface area contributed by atoms with Crippen molar-refractivity contribution in [2.24, 2.45) is 5.41 Å². The quantitative estimate of drug-likeness (QED) is 0.790. The van der Waals surface area contributed by atoms with Gasteiger partial charge >= 0.3 is 0 Å². The molecule has 0 bridgehead atoms. The molecule has 0 aliphatic heterocycles. The molecule has 0 amide bonds. The van der Waals surface area contributed by atoms with Gasteiger partial charge in [-0.15, -0.1) is 0 Å². The van der Waals surface area contributed by atoms with Gasteiger partial charge in [-0.1, -0.05) is 20.8 Å². The molecular formula is C12H21NO2. The van der Waals surface area contributed by atoms with Crippen molar-refractivity contribution in [1.82, 2.24) is 4.57 Å². The van der Waals surface area contributed by atoms with Gasteiger partial charge in [-0.3, -0.25) is 4.57 Å². The van der Waals surface area contributed by atoms with E-state index < -0.39 is 0 Å². The van der Waals surface area contributed by atoms with Crippen LogP contribution in [0.2, 0.25) is 0 Å². The van der Waals surface area contributed by atoms with Gasteiger partial charge in [0.1, 0.15) is 0 Å². The fraction of sp³-hybridized carbons (Fsp3) is 0.667. The third-order valence-corrected chi connectivity index (χ3v) is 2.83. The highest BCUT2D eigenvalue weighted by atomic mass is 16.3. The normalized spacial score (nSPS) is 12.1. The maximum atomic E-state index is 9.80. The fourth-order valence-corrected chi connectivity index (χ4v) is 1.50. The molecule has 0 spiro atoms. The second-order valence-electron chi connectivity index (χ2n) is 5.36. The van der Waals surface area contributed by atoms with Crippen LogP contribution in [0.15, 0.2) is 0 Å². The van der Waals surface area contributed by atoms with Crippen LogP contribution in [0.4, 0.5) is 0 Å². The lowest BCUT2D eigenvalue weighted by atomic mass is 9.92. The van der Waals surface area contributed by atoms with E-state index in [4.69, 9.17) is 0 Å². The van der Waals surface area contributed by atoms with Crippen LogP contribution < -0.4 is 0 Å². The Labute approximate surface area is 91.4 Å². The summed E-state index contributed by atoms with van der Waals surface area (Å²) < 4.78 is 1.58. The summed E-state index contributed by atoms with van der Waals surface area (Å²) in [5.41, 5.74) is 1.73. The summed E-state index contributed by atoms with van der Waals surface area (Å²) in [6, 6.07) is 0. The fourth-order valence-electron chi connectivity index (χ4n) is 1.50. The second kappa shape index (κ2) is 3.80. The van der Waals surface area contributed by atoms with E-state index >= 15 is 0 Å². The molecule has 1 aromatic rings. The highest BCUT2D eigenvalue weighted by Crippen LogP contribution is 2.33. The number of hydrogen-bond acceptors (Lipinski definition) is 2. The number of hydrogen-bond donors (Lipinski definition) is 2. The molecule has 0 radical (unpaired) electrons. The topological polar surface area (TPSA) is 45.4 Å². The van der Waals surface area contributed by atoms with Gasteiger partial charge in [0, 0.05) is 17.7 Å². The molecule has 1 rings (SSSR count). The maximum Gasteiger partial charge on any atom is 0.197 e. The van der Waals surface area contributed by atoms with Crippen LogP contribution in [-0.4, -0.2) is 14.8 Å². The Hall–Kier alpha value is -1.12. The van der Waals surface area contributed by atoms with E-state index in [2.05, 4.69) is 20.8 Å². The van der Waals surface area contributed by atoms with Crippen molar-refractivity contribution in [3.63, 3.8) is 0 Å². The number of nitrogens with zero attached hydrogens (tertiary/aromatic N) is 1. The van der Waals surface area contributed by atoms with Gasteiger partial charge < -0.3 is 10.2 Å². The zero-order valence-corrected chi connectivity index (χ0v) is 10.3. The molecule has 0 aromatic carbocycles. The molecule has 0 fully saturated rings. The average molecular weight is 211 g/mol. The molecule has 0 saturated carbocycles. The minimum atomic E-state index is 0.189. The molecule has 2 N–H and O–H groups in total. The van der Waals surface area contributed by atoms with Gasteiger partial charge in [0.2, 0.25) is 0 Å². The van der Waals surface area contributed by atoms with Crippen LogP contribution in [-0.2, 0) is 6.54 Å². The standard InChI is InChI=1S/C12H21NO2/c1-8-9(2)11(15)13(10(8)14)7-6-12(3,4)5/h14-15H,6-7H2,1-5H3. The van der Waals surface area contributed by atoms with E-state index in [1.165, 1.54) is 0 Å². The summed E-state index contributed by atoms with van der Waals surface area (Å²) in [5.74, 6) is 0.378. The molecule has 0 saturated heterocycles. The van der Waals surface area contributed by atoms with Crippen molar-refractivity contribution in [3.05, 3.63) is 11.1 Å². The lowest BCUT2D eigenvalue weighted by molar-refractivity contribution is 0.309. The summed E-state index contributed by atoms with van der Waals surface area (Å²) in [7, 11) is 0. The van der Waals surface area contributed by atoms with Gasteiger partial charge in [-0.25, -0.2) is 0 Å². The molecule has 0 atom stereocenters. The molecule has 15 heavy (non-hydrogen) atoms. The van der Waals surface area contributed by atoms with Crippen molar-refractivity contribution in [3.8, 4) is 11.8 Å². The van der Waals surface area contributed by atoms with E-state index in [1.54, 1.807) is 4.57 Å². The predicted octanol–water partition coefficient (Wildman–Crippen LogP) is 2.95. The SMILES string of the molecule is Cc1c(C)c(O)n(CCC(C)(C)C)c1O. The first-order chi connectivity index (χ1) is 6.74. The lowest BCUT2D eigenvalue weighted by Crippen LogP contribution is -2.09. The first-order valence-corrected chi connectivity index (χ1v) is 5.31. The van der Waals surface area contributed by atoms with Crippen molar-refractivity contribution >= 4 is 0 Å². The van der Waals surface area contributed by atoms with E-state index in [-0.39, 0.29) is 17.2 Å². The van der Waals surface area contributed by atoms with E-state index in [0.717, 1.165) is 17.5 Å². The Kier molecular flexibility index (Phi) is 3.03. The first kappa shape index (κ1) is 12.0.